The van der Waals surface area contributed by atoms with Gasteiger partial charge in [0.15, 0.2) is 11.5 Å². The first-order chi connectivity index (χ1) is 19.3. The lowest BCUT2D eigenvalue weighted by atomic mass is 10.1. The quantitative estimate of drug-likeness (QED) is 0.160. The summed E-state index contributed by atoms with van der Waals surface area (Å²) < 4.78 is 40.0. The largest absolute Gasteiger partial charge is 0.493 e. The zero-order chi connectivity index (χ0) is 28.4. The predicted octanol–water partition coefficient (Wildman–Crippen LogP) is 4.84. The van der Waals surface area contributed by atoms with E-state index in [1.54, 1.807) is 43.5 Å². The summed E-state index contributed by atoms with van der Waals surface area (Å²) in [5.41, 5.74) is 9.87. The number of aryl methyl sites for hydroxylation is 1. The van der Waals surface area contributed by atoms with Crippen LogP contribution in [0.2, 0.25) is 0 Å². The molecule has 0 amide bonds. The average Bonchev–Trinajstić information content (AvgIpc) is 2.98. The normalized spacial score (nSPS) is 11.7. The van der Waals surface area contributed by atoms with E-state index in [4.69, 9.17) is 25.6 Å². The number of hydrogen-bond acceptors (Lipinski definition) is 6. The molecule has 9 heteroatoms. The first-order valence-corrected chi connectivity index (χ1v) is 14.4. The average molecular weight is 557 g/mol. The second kappa shape index (κ2) is 13.5. The number of nitrogens with two attached hydrogens (primary N) is 1. The summed E-state index contributed by atoms with van der Waals surface area (Å²) in [6, 6.07) is 31.5. The summed E-state index contributed by atoms with van der Waals surface area (Å²) in [6.07, 6.45) is 0.399. The second-order valence-electron chi connectivity index (χ2n) is 9.03. The number of sulfonamides is 1. The standard InChI is InChI=1S/C31H32N4O4S/c1-38-30-20-26(14-17-29(30)39-22-24-10-6-3-7-11-24)28(35-27-15-12-25(13-16-27)31(32)33)21-34-40(36,37)19-18-23-8-4-2-5-9-23/h2-17,20,34H,18-19,21-22H2,1H3,(H3,32,33). The third-order valence-corrected chi connectivity index (χ3v) is 7.46. The Kier molecular flexibility index (Phi) is 9.66. The molecular weight excluding hydrogens is 524 g/mol. The molecule has 0 aliphatic heterocycles. The van der Waals surface area contributed by atoms with Gasteiger partial charge in [-0.3, -0.25) is 10.4 Å². The second-order valence-corrected chi connectivity index (χ2v) is 11.0. The molecule has 0 atom stereocenters. The maximum Gasteiger partial charge on any atom is 0.212 e. The Balaban J connectivity index is 1.57. The number of nitrogens with one attached hydrogen (secondary N) is 2. The molecule has 0 aliphatic rings. The Bertz CT molecular complexity index is 1560. The van der Waals surface area contributed by atoms with E-state index in [1.165, 1.54) is 0 Å². The lowest BCUT2D eigenvalue weighted by Gasteiger charge is -2.14. The van der Waals surface area contributed by atoms with E-state index in [0.29, 0.717) is 47.1 Å². The lowest BCUT2D eigenvalue weighted by Crippen LogP contribution is -2.32. The number of amidine groups is 1. The molecule has 8 nitrogen and oxygen atoms in total. The molecule has 40 heavy (non-hydrogen) atoms. The van der Waals surface area contributed by atoms with Crippen LogP contribution in [0.3, 0.4) is 0 Å². The van der Waals surface area contributed by atoms with Crippen LogP contribution in [0, 0.1) is 5.41 Å². The van der Waals surface area contributed by atoms with Gasteiger partial charge in [-0.05, 0) is 60.0 Å². The highest BCUT2D eigenvalue weighted by Gasteiger charge is 2.16. The van der Waals surface area contributed by atoms with Crippen LogP contribution < -0.4 is 19.9 Å². The molecule has 0 aromatic heterocycles. The van der Waals surface area contributed by atoms with Gasteiger partial charge >= 0.3 is 0 Å². The Morgan fingerprint density at radius 1 is 0.850 bits per heavy atom. The van der Waals surface area contributed by atoms with Gasteiger partial charge in [0.05, 0.1) is 30.8 Å². The Labute approximate surface area is 235 Å². The van der Waals surface area contributed by atoms with Crippen molar-refractivity contribution in [2.24, 2.45) is 10.7 Å². The van der Waals surface area contributed by atoms with Crippen LogP contribution in [0.1, 0.15) is 22.3 Å². The molecule has 0 fully saturated rings. The molecule has 0 aliphatic carbocycles. The van der Waals surface area contributed by atoms with E-state index < -0.39 is 10.0 Å². The lowest BCUT2D eigenvalue weighted by molar-refractivity contribution is 0.284. The Morgan fingerprint density at radius 2 is 1.48 bits per heavy atom. The van der Waals surface area contributed by atoms with E-state index >= 15 is 0 Å². The third kappa shape index (κ3) is 8.26. The fraction of sp³-hybridized carbons (Fsp3) is 0.161. The maximum atomic E-state index is 12.9. The molecule has 4 rings (SSSR count). The molecule has 0 unspecified atom stereocenters. The molecule has 0 radical (unpaired) electrons. The highest BCUT2D eigenvalue weighted by atomic mass is 32.2. The topological polar surface area (TPSA) is 127 Å². The first kappa shape index (κ1) is 28.5. The van der Waals surface area contributed by atoms with Crippen molar-refractivity contribution in [1.29, 1.82) is 5.41 Å². The third-order valence-electron chi connectivity index (χ3n) is 6.14. The fourth-order valence-corrected chi connectivity index (χ4v) is 4.93. The van der Waals surface area contributed by atoms with Crippen LogP contribution in [0.5, 0.6) is 11.5 Å². The van der Waals surface area contributed by atoms with E-state index in [-0.39, 0.29) is 18.1 Å². The predicted molar refractivity (Wildman–Crippen MR) is 159 cm³/mol. The molecule has 0 saturated heterocycles. The van der Waals surface area contributed by atoms with Gasteiger partial charge < -0.3 is 15.2 Å². The van der Waals surface area contributed by atoms with Crippen LogP contribution in [-0.4, -0.2) is 39.4 Å². The molecule has 0 spiro atoms. The molecule has 0 bridgehead atoms. The summed E-state index contributed by atoms with van der Waals surface area (Å²) in [5, 5.41) is 7.61. The van der Waals surface area contributed by atoms with Crippen LogP contribution >= 0.6 is 0 Å². The summed E-state index contributed by atoms with van der Waals surface area (Å²) in [6.45, 7) is 0.347. The molecule has 4 aromatic rings. The van der Waals surface area contributed by atoms with Crippen LogP contribution in [0.25, 0.3) is 0 Å². The summed E-state index contributed by atoms with van der Waals surface area (Å²) in [7, 11) is -2.03. The minimum absolute atomic E-state index is 0.0288. The van der Waals surface area contributed by atoms with Gasteiger partial charge in [-0.2, -0.15) is 0 Å². The fourth-order valence-electron chi connectivity index (χ4n) is 3.93. The van der Waals surface area contributed by atoms with Crippen molar-refractivity contribution in [2.45, 2.75) is 13.0 Å². The molecule has 0 heterocycles. The van der Waals surface area contributed by atoms with Gasteiger partial charge in [-0.15, -0.1) is 0 Å². The number of hydrogen-bond donors (Lipinski definition) is 3. The van der Waals surface area contributed by atoms with Crippen molar-refractivity contribution < 1.29 is 17.9 Å². The van der Waals surface area contributed by atoms with Crippen LogP contribution in [0.15, 0.2) is 108 Å². The first-order valence-electron chi connectivity index (χ1n) is 12.7. The highest BCUT2D eigenvalue weighted by molar-refractivity contribution is 7.89. The van der Waals surface area contributed by atoms with E-state index in [9.17, 15) is 8.42 Å². The Morgan fingerprint density at radius 3 is 2.10 bits per heavy atom. The number of methoxy groups -OCH3 is 1. The zero-order valence-corrected chi connectivity index (χ0v) is 23.0. The van der Waals surface area contributed by atoms with E-state index in [2.05, 4.69) is 4.72 Å². The van der Waals surface area contributed by atoms with Gasteiger partial charge in [0.25, 0.3) is 0 Å². The minimum Gasteiger partial charge on any atom is -0.493 e. The number of ether oxygens (including phenoxy) is 2. The van der Waals surface area contributed by atoms with Crippen molar-refractivity contribution in [3.63, 3.8) is 0 Å². The van der Waals surface area contributed by atoms with Gasteiger partial charge in [-0.25, -0.2) is 13.1 Å². The van der Waals surface area contributed by atoms with Crippen LogP contribution in [-0.2, 0) is 23.1 Å². The SMILES string of the molecule is COc1cc(C(CNS(=O)(=O)CCc2ccccc2)=Nc2ccc(C(=N)N)cc2)ccc1OCc1ccccc1. The number of nitrogen functional groups attached to an aromatic ring is 1. The molecule has 206 valence electrons. The van der Waals surface area contributed by atoms with Gasteiger partial charge in [0, 0.05) is 11.1 Å². The van der Waals surface area contributed by atoms with Crippen molar-refractivity contribution in [3.8, 4) is 11.5 Å². The van der Waals surface area contributed by atoms with Crippen molar-refractivity contribution in [2.75, 3.05) is 19.4 Å². The number of rotatable bonds is 13. The minimum atomic E-state index is -3.59. The zero-order valence-electron chi connectivity index (χ0n) is 22.2. The monoisotopic (exact) mass is 556 g/mol. The van der Waals surface area contributed by atoms with E-state index in [1.807, 2.05) is 66.7 Å². The van der Waals surface area contributed by atoms with Gasteiger partial charge in [-0.1, -0.05) is 60.7 Å². The molecule has 0 saturated carbocycles. The number of nitrogens with zero attached hydrogens (tertiary/aromatic N) is 1. The van der Waals surface area contributed by atoms with Gasteiger partial charge in [0.1, 0.15) is 12.4 Å². The molecular formula is C31H32N4O4S. The van der Waals surface area contributed by atoms with Crippen LogP contribution in [0.4, 0.5) is 5.69 Å². The highest BCUT2D eigenvalue weighted by Crippen LogP contribution is 2.30. The van der Waals surface area contributed by atoms with Crippen molar-refractivity contribution in [1.82, 2.24) is 4.72 Å². The summed E-state index contributed by atoms with van der Waals surface area (Å²) in [5.74, 6) is 0.967. The maximum absolute atomic E-state index is 12.9. The number of aliphatic imine (C=N–C) groups is 1. The Hall–Kier alpha value is -4.47. The number of benzene rings is 4. The molecule has 4 aromatic carbocycles. The van der Waals surface area contributed by atoms with E-state index in [0.717, 1.165) is 11.1 Å². The van der Waals surface area contributed by atoms with Crippen molar-refractivity contribution >= 4 is 27.3 Å². The van der Waals surface area contributed by atoms with Gasteiger partial charge in [0.2, 0.25) is 10.0 Å². The summed E-state index contributed by atoms with van der Waals surface area (Å²) in [4.78, 5) is 4.73. The van der Waals surface area contributed by atoms with Crippen molar-refractivity contribution in [3.05, 3.63) is 125 Å². The smallest absolute Gasteiger partial charge is 0.212 e. The summed E-state index contributed by atoms with van der Waals surface area (Å²) >= 11 is 0. The molecule has 4 N–H and O–H groups in total.